The summed E-state index contributed by atoms with van der Waals surface area (Å²) >= 11 is -0.487. The SMILES string of the molecule is COc1ccc([Se]c2ccc(OC)c(O)c2-c2cc(OC)c(OC)c(OC)c2)c(-c2cc(OC)c(OC)c(OC)c2)c1O. The van der Waals surface area contributed by atoms with Gasteiger partial charge in [0.05, 0.1) is 0 Å². The molecule has 228 valence electrons. The molecular weight excluding hydrogens is 623 g/mol. The molecule has 4 aromatic carbocycles. The summed E-state index contributed by atoms with van der Waals surface area (Å²) in [6, 6.07) is 14.2. The zero-order valence-electron chi connectivity index (χ0n) is 25.2. The van der Waals surface area contributed by atoms with Crippen LogP contribution in [0, 0.1) is 0 Å². The number of hydrogen-bond donors (Lipinski definition) is 2. The van der Waals surface area contributed by atoms with E-state index in [0.717, 1.165) is 8.92 Å². The summed E-state index contributed by atoms with van der Waals surface area (Å²) in [6.45, 7) is 0. The van der Waals surface area contributed by atoms with E-state index in [-0.39, 0.29) is 11.5 Å². The molecule has 0 fully saturated rings. The second kappa shape index (κ2) is 13.6. The molecule has 0 unspecified atom stereocenters. The van der Waals surface area contributed by atoms with Crippen molar-refractivity contribution in [3.63, 3.8) is 0 Å². The molecule has 0 amide bonds. The Morgan fingerprint density at radius 1 is 0.419 bits per heavy atom. The molecule has 0 saturated carbocycles. The molecule has 4 aromatic rings. The Hall–Kier alpha value is -4.60. The molecule has 0 aliphatic rings. The van der Waals surface area contributed by atoms with E-state index in [2.05, 4.69) is 0 Å². The molecule has 2 N–H and O–H groups in total. The van der Waals surface area contributed by atoms with Crippen LogP contribution in [0.3, 0.4) is 0 Å². The van der Waals surface area contributed by atoms with Crippen molar-refractivity contribution in [3.8, 4) is 79.7 Å². The Bertz CT molecular complexity index is 1450. The van der Waals surface area contributed by atoms with Crippen molar-refractivity contribution in [1.29, 1.82) is 0 Å². The fourth-order valence-corrected chi connectivity index (χ4v) is 7.13. The minimum absolute atomic E-state index is 0.0526. The molecule has 4 rings (SSSR count). The van der Waals surface area contributed by atoms with Gasteiger partial charge in [-0.05, 0) is 0 Å². The van der Waals surface area contributed by atoms with Crippen molar-refractivity contribution in [1.82, 2.24) is 0 Å². The number of hydrogen-bond acceptors (Lipinski definition) is 10. The summed E-state index contributed by atoms with van der Waals surface area (Å²) in [7, 11) is 12.1. The summed E-state index contributed by atoms with van der Waals surface area (Å²) in [5, 5.41) is 22.9. The molecule has 0 radical (unpaired) electrons. The van der Waals surface area contributed by atoms with Gasteiger partial charge < -0.3 is 0 Å². The number of rotatable bonds is 12. The Labute approximate surface area is 256 Å². The van der Waals surface area contributed by atoms with Crippen molar-refractivity contribution in [2.45, 2.75) is 0 Å². The van der Waals surface area contributed by atoms with Crippen LogP contribution in [0.2, 0.25) is 0 Å². The van der Waals surface area contributed by atoms with Crippen molar-refractivity contribution in [3.05, 3.63) is 48.5 Å². The third kappa shape index (κ3) is 5.86. The predicted molar refractivity (Wildman–Crippen MR) is 165 cm³/mol. The first-order chi connectivity index (χ1) is 20.8. The third-order valence-electron chi connectivity index (χ3n) is 6.77. The number of benzene rings is 4. The number of ether oxygens (including phenoxy) is 8. The summed E-state index contributed by atoms with van der Waals surface area (Å²) in [5.74, 6) is 3.05. The van der Waals surface area contributed by atoms with Crippen LogP contribution in [0.5, 0.6) is 57.5 Å². The van der Waals surface area contributed by atoms with Gasteiger partial charge in [-0.25, -0.2) is 0 Å². The van der Waals surface area contributed by atoms with Gasteiger partial charge in [-0.3, -0.25) is 0 Å². The van der Waals surface area contributed by atoms with Crippen molar-refractivity contribution < 1.29 is 48.1 Å². The Morgan fingerprint density at radius 2 is 0.721 bits per heavy atom. The van der Waals surface area contributed by atoms with Gasteiger partial charge in [0.15, 0.2) is 0 Å². The molecule has 43 heavy (non-hydrogen) atoms. The maximum atomic E-state index is 11.4. The Morgan fingerprint density at radius 3 is 0.977 bits per heavy atom. The van der Waals surface area contributed by atoms with Gasteiger partial charge in [0.1, 0.15) is 0 Å². The van der Waals surface area contributed by atoms with Crippen LogP contribution in [0.15, 0.2) is 48.5 Å². The molecule has 10 nitrogen and oxygen atoms in total. The van der Waals surface area contributed by atoms with Gasteiger partial charge >= 0.3 is 257 Å². The fraction of sp³-hybridized carbons (Fsp3) is 0.250. The van der Waals surface area contributed by atoms with Gasteiger partial charge in [0.2, 0.25) is 0 Å². The predicted octanol–water partition coefficient (Wildman–Crippen LogP) is 4.16. The Kier molecular flexibility index (Phi) is 9.90. The van der Waals surface area contributed by atoms with Gasteiger partial charge in [-0.2, -0.15) is 0 Å². The number of phenolic OH excluding ortho intramolecular Hbond substituents is 2. The summed E-state index contributed by atoms with van der Waals surface area (Å²) in [6.07, 6.45) is 0. The molecule has 0 spiro atoms. The van der Waals surface area contributed by atoms with Crippen LogP contribution in [0.1, 0.15) is 0 Å². The van der Waals surface area contributed by atoms with Gasteiger partial charge in [0.25, 0.3) is 0 Å². The van der Waals surface area contributed by atoms with Gasteiger partial charge in [0, 0.05) is 0 Å². The summed E-state index contributed by atoms with van der Waals surface area (Å²) in [5.41, 5.74) is 2.28. The Balaban J connectivity index is 1.99. The van der Waals surface area contributed by atoms with E-state index in [4.69, 9.17) is 37.9 Å². The van der Waals surface area contributed by atoms with Crippen LogP contribution in [-0.2, 0) is 0 Å². The van der Waals surface area contributed by atoms with Gasteiger partial charge in [-0.15, -0.1) is 0 Å². The first-order valence-corrected chi connectivity index (χ1v) is 14.6. The van der Waals surface area contributed by atoms with Gasteiger partial charge in [-0.1, -0.05) is 0 Å². The van der Waals surface area contributed by atoms with E-state index < -0.39 is 15.0 Å². The standard InChI is InChI=1S/C32H34O10Se/c1-35-19-9-11-25(27(29(19)33)17-13-21(37-3)31(41-7)22(14-17)38-4)43-26-12-10-20(36-2)30(34)28(26)18-15-23(39-5)32(42-8)24(16-18)40-6/h9-16,33-34H,1-8H3. The van der Waals surface area contributed by atoms with E-state index in [1.54, 1.807) is 36.4 Å². The first kappa shape index (κ1) is 31.3. The van der Waals surface area contributed by atoms with E-state index in [9.17, 15) is 10.2 Å². The molecule has 0 aliphatic carbocycles. The quantitative estimate of drug-likeness (QED) is 0.216. The summed E-state index contributed by atoms with van der Waals surface area (Å²) < 4.78 is 45.8. The molecule has 0 atom stereocenters. The maximum absolute atomic E-state index is 11.4. The minimum atomic E-state index is -0.487. The molecular formula is C32H34O10Se. The van der Waals surface area contributed by atoms with E-state index >= 15 is 0 Å². The number of phenols is 2. The molecule has 0 heterocycles. The van der Waals surface area contributed by atoms with Crippen LogP contribution in [0.25, 0.3) is 22.3 Å². The molecule has 0 aliphatic heterocycles. The van der Waals surface area contributed by atoms with Crippen LogP contribution < -0.4 is 46.8 Å². The van der Waals surface area contributed by atoms with Crippen LogP contribution in [-0.4, -0.2) is 82.0 Å². The monoisotopic (exact) mass is 658 g/mol. The zero-order chi connectivity index (χ0) is 31.3. The molecule has 0 aromatic heterocycles. The average Bonchev–Trinajstić information content (AvgIpc) is 3.03. The van der Waals surface area contributed by atoms with Crippen molar-refractivity contribution in [2.24, 2.45) is 0 Å². The first-order valence-electron chi connectivity index (χ1n) is 12.9. The molecule has 0 saturated heterocycles. The van der Waals surface area contributed by atoms with E-state index in [1.807, 2.05) is 12.1 Å². The average molecular weight is 658 g/mol. The fourth-order valence-electron chi connectivity index (χ4n) is 4.73. The van der Waals surface area contributed by atoms with E-state index in [0.29, 0.717) is 68.2 Å². The normalized spacial score (nSPS) is 10.6. The molecule has 11 heteroatoms. The van der Waals surface area contributed by atoms with Crippen LogP contribution in [0.4, 0.5) is 0 Å². The number of methoxy groups -OCH3 is 8. The second-order valence-corrected chi connectivity index (χ2v) is 11.2. The van der Waals surface area contributed by atoms with Crippen LogP contribution >= 0.6 is 0 Å². The third-order valence-corrected chi connectivity index (χ3v) is 9.12. The number of aromatic hydroxyl groups is 2. The zero-order valence-corrected chi connectivity index (χ0v) is 26.9. The summed E-state index contributed by atoms with van der Waals surface area (Å²) in [4.78, 5) is 0. The van der Waals surface area contributed by atoms with Crippen molar-refractivity contribution >= 4 is 23.9 Å². The van der Waals surface area contributed by atoms with Crippen molar-refractivity contribution in [2.75, 3.05) is 56.9 Å². The molecule has 0 bridgehead atoms. The topological polar surface area (TPSA) is 114 Å². The van der Waals surface area contributed by atoms with E-state index in [1.165, 1.54) is 56.9 Å². The second-order valence-electron chi connectivity index (χ2n) is 8.91.